The fraction of sp³-hybridized carbons (Fsp3) is 0.140. The van der Waals surface area contributed by atoms with E-state index in [9.17, 15) is 9.90 Å². The molecule has 1 heterocycles. The third-order valence-corrected chi connectivity index (χ3v) is 10.2. The number of rotatable bonds is 11. The lowest BCUT2D eigenvalue weighted by molar-refractivity contribution is 0.0925. The number of carbonyl (C=O) groups is 1. The van der Waals surface area contributed by atoms with Crippen molar-refractivity contribution in [3.8, 4) is 5.75 Å². The van der Waals surface area contributed by atoms with Crippen LogP contribution in [0.1, 0.15) is 87.9 Å². The van der Waals surface area contributed by atoms with Gasteiger partial charge in [-0.15, -0.1) is 0 Å². The molecular formula is C50H45N3O2. The van der Waals surface area contributed by atoms with E-state index in [4.69, 9.17) is 4.99 Å². The van der Waals surface area contributed by atoms with Gasteiger partial charge in [0.1, 0.15) is 11.4 Å². The molecule has 0 radical (unpaired) electrons. The number of phenolic OH excluding ortho intramolecular Hbond substituents is 1. The summed E-state index contributed by atoms with van der Waals surface area (Å²) >= 11 is 0. The predicted molar refractivity (Wildman–Crippen MR) is 223 cm³/mol. The molecule has 5 heteroatoms. The average Bonchev–Trinajstić information content (AvgIpc) is 3.23. The van der Waals surface area contributed by atoms with Crippen LogP contribution < -0.4 is 5.32 Å². The van der Waals surface area contributed by atoms with Crippen LogP contribution in [-0.2, 0) is 10.8 Å². The first-order valence-corrected chi connectivity index (χ1v) is 18.7. The van der Waals surface area contributed by atoms with Crippen molar-refractivity contribution < 1.29 is 9.90 Å². The van der Waals surface area contributed by atoms with Gasteiger partial charge in [-0.1, -0.05) is 178 Å². The van der Waals surface area contributed by atoms with Crippen molar-refractivity contribution >= 4 is 12.1 Å². The third-order valence-electron chi connectivity index (χ3n) is 10.2. The topological polar surface area (TPSA) is 74.6 Å². The lowest BCUT2D eigenvalue weighted by atomic mass is 9.64. The number of hydrogen-bond donors (Lipinski definition) is 2. The highest BCUT2D eigenvalue weighted by atomic mass is 16.3. The fourth-order valence-corrected chi connectivity index (χ4v) is 7.40. The van der Waals surface area contributed by atoms with Crippen LogP contribution >= 0.6 is 0 Å². The summed E-state index contributed by atoms with van der Waals surface area (Å²) < 4.78 is 0. The van der Waals surface area contributed by atoms with Gasteiger partial charge in [-0.2, -0.15) is 0 Å². The highest BCUT2D eigenvalue weighted by Crippen LogP contribution is 2.50. The lowest BCUT2D eigenvalue weighted by Crippen LogP contribution is -2.33. The molecule has 5 nitrogen and oxygen atoms in total. The smallest absolute Gasteiger partial charge is 0.270 e. The van der Waals surface area contributed by atoms with Crippen LogP contribution in [-0.4, -0.2) is 22.2 Å². The van der Waals surface area contributed by atoms with E-state index in [1.807, 2.05) is 84.9 Å². The molecule has 0 bridgehead atoms. The van der Waals surface area contributed by atoms with Crippen LogP contribution in [0.3, 0.4) is 0 Å². The highest BCUT2D eigenvalue weighted by molar-refractivity contribution is 5.92. The van der Waals surface area contributed by atoms with E-state index >= 15 is 0 Å². The Morgan fingerprint density at radius 3 is 1.56 bits per heavy atom. The van der Waals surface area contributed by atoms with Gasteiger partial charge in [0, 0.05) is 23.5 Å². The zero-order valence-corrected chi connectivity index (χ0v) is 31.4. The Morgan fingerprint density at radius 2 is 1.09 bits per heavy atom. The van der Waals surface area contributed by atoms with Gasteiger partial charge in [0.2, 0.25) is 0 Å². The van der Waals surface area contributed by atoms with Gasteiger partial charge in [-0.05, 0) is 63.1 Å². The van der Waals surface area contributed by atoms with E-state index in [0.29, 0.717) is 11.3 Å². The van der Waals surface area contributed by atoms with E-state index < -0.39 is 17.5 Å². The molecular weight excluding hydrogens is 675 g/mol. The van der Waals surface area contributed by atoms with Gasteiger partial charge in [-0.3, -0.25) is 14.8 Å². The second-order valence-corrected chi connectivity index (χ2v) is 14.8. The standard InChI is InChI=1S/C50H45N3O2/c1-49(2,3)42-33-38(47(54)43(34-42)50(39-25-13-6-14-26-39,40-27-15-7-16-28-40)41-29-17-8-18-30-41)35-52-45(36-21-9-4-10-22-36)46(37-23-11-5-12-24-37)53-48(55)44-31-19-20-32-51-44/h4-35,45-46,54H,1-3H3,(H,53,55)/t45-,46-/m1/s1. The molecule has 0 aliphatic carbocycles. The van der Waals surface area contributed by atoms with Crippen molar-refractivity contribution in [2.45, 2.75) is 43.7 Å². The summed E-state index contributed by atoms with van der Waals surface area (Å²) in [5.74, 6) is -0.169. The van der Waals surface area contributed by atoms with Crippen molar-refractivity contribution in [3.63, 3.8) is 0 Å². The molecule has 0 saturated carbocycles. The Bertz CT molecular complexity index is 2250. The summed E-state index contributed by atoms with van der Waals surface area (Å²) in [6.45, 7) is 6.56. The maximum Gasteiger partial charge on any atom is 0.270 e. The quantitative estimate of drug-likeness (QED) is 0.103. The summed E-state index contributed by atoms with van der Waals surface area (Å²) in [4.78, 5) is 23.4. The third kappa shape index (κ3) is 7.74. The van der Waals surface area contributed by atoms with Crippen LogP contribution in [0.4, 0.5) is 0 Å². The van der Waals surface area contributed by atoms with Gasteiger partial charge in [0.15, 0.2) is 0 Å². The monoisotopic (exact) mass is 719 g/mol. The van der Waals surface area contributed by atoms with Crippen molar-refractivity contribution in [1.82, 2.24) is 10.3 Å². The summed E-state index contributed by atoms with van der Waals surface area (Å²) in [6.07, 6.45) is 3.39. The molecule has 2 N–H and O–H groups in total. The predicted octanol–water partition coefficient (Wildman–Crippen LogP) is 10.8. The molecule has 0 unspecified atom stereocenters. The largest absolute Gasteiger partial charge is 0.507 e. The molecule has 0 saturated heterocycles. The van der Waals surface area contributed by atoms with Gasteiger partial charge >= 0.3 is 0 Å². The van der Waals surface area contributed by atoms with Crippen molar-refractivity contribution in [2.24, 2.45) is 4.99 Å². The van der Waals surface area contributed by atoms with E-state index in [1.165, 1.54) is 0 Å². The lowest BCUT2D eigenvalue weighted by Gasteiger charge is -2.38. The summed E-state index contributed by atoms with van der Waals surface area (Å²) in [5, 5.41) is 16.0. The average molecular weight is 720 g/mol. The summed E-state index contributed by atoms with van der Waals surface area (Å²) in [7, 11) is 0. The van der Waals surface area contributed by atoms with E-state index in [2.05, 4.69) is 110 Å². The van der Waals surface area contributed by atoms with Gasteiger partial charge < -0.3 is 10.4 Å². The minimum Gasteiger partial charge on any atom is -0.507 e. The number of aromatic hydroxyl groups is 1. The van der Waals surface area contributed by atoms with E-state index in [0.717, 1.165) is 38.9 Å². The number of nitrogens with one attached hydrogen (secondary N) is 1. The minimum atomic E-state index is -0.875. The number of pyridine rings is 1. The van der Waals surface area contributed by atoms with Crippen LogP contribution in [0.15, 0.2) is 193 Å². The van der Waals surface area contributed by atoms with Gasteiger partial charge in [0.05, 0.1) is 17.5 Å². The van der Waals surface area contributed by atoms with Gasteiger partial charge in [0.25, 0.3) is 5.91 Å². The number of benzene rings is 6. The van der Waals surface area contributed by atoms with E-state index in [1.54, 1.807) is 30.6 Å². The van der Waals surface area contributed by atoms with Crippen molar-refractivity contribution in [1.29, 1.82) is 0 Å². The Hall–Kier alpha value is -6.59. The normalized spacial score (nSPS) is 12.9. The molecule has 7 aromatic rings. The molecule has 2 atom stereocenters. The first-order chi connectivity index (χ1) is 26.8. The Labute approximate surface area is 324 Å². The molecule has 7 rings (SSSR count). The molecule has 0 aliphatic rings. The van der Waals surface area contributed by atoms with Crippen molar-refractivity contribution in [3.05, 3.63) is 238 Å². The number of aromatic nitrogens is 1. The maximum absolute atomic E-state index is 13.7. The number of phenols is 1. The Balaban J connectivity index is 1.46. The zero-order chi connectivity index (χ0) is 38.3. The molecule has 1 aromatic heterocycles. The maximum atomic E-state index is 13.7. The number of carbonyl (C=O) groups excluding carboxylic acids is 1. The number of aliphatic imine (C=N–C) groups is 1. The molecule has 6 aromatic carbocycles. The molecule has 0 spiro atoms. The molecule has 272 valence electrons. The Kier molecular flexibility index (Phi) is 10.8. The summed E-state index contributed by atoms with van der Waals surface area (Å²) in [5.41, 5.74) is 6.44. The van der Waals surface area contributed by atoms with E-state index in [-0.39, 0.29) is 17.1 Å². The molecule has 0 aliphatic heterocycles. The zero-order valence-electron chi connectivity index (χ0n) is 31.4. The second-order valence-electron chi connectivity index (χ2n) is 14.8. The highest BCUT2D eigenvalue weighted by Gasteiger charge is 2.41. The number of hydrogen-bond acceptors (Lipinski definition) is 4. The first kappa shape index (κ1) is 36.8. The second kappa shape index (κ2) is 16.2. The van der Waals surface area contributed by atoms with Crippen LogP contribution in [0.5, 0.6) is 5.75 Å². The number of amides is 1. The van der Waals surface area contributed by atoms with Crippen molar-refractivity contribution in [2.75, 3.05) is 0 Å². The molecule has 1 amide bonds. The SMILES string of the molecule is CC(C)(C)c1cc(C=N[C@H](c2ccccc2)[C@H](NC(=O)c2ccccn2)c2ccccc2)c(O)c(C(c2ccccc2)(c2ccccc2)c2ccccc2)c1. The Morgan fingerprint density at radius 1 is 0.618 bits per heavy atom. The van der Waals surface area contributed by atoms with Crippen LogP contribution in [0.2, 0.25) is 0 Å². The van der Waals surface area contributed by atoms with Crippen LogP contribution in [0.25, 0.3) is 0 Å². The van der Waals surface area contributed by atoms with Gasteiger partial charge in [-0.25, -0.2) is 0 Å². The minimum absolute atomic E-state index is 0.133. The summed E-state index contributed by atoms with van der Waals surface area (Å²) in [6, 6.07) is 59.4. The van der Waals surface area contributed by atoms with Crippen LogP contribution in [0, 0.1) is 0 Å². The molecule has 55 heavy (non-hydrogen) atoms. The molecule has 0 fully saturated rings. The first-order valence-electron chi connectivity index (χ1n) is 18.7. The number of nitrogens with zero attached hydrogens (tertiary/aromatic N) is 2. The fourth-order valence-electron chi connectivity index (χ4n) is 7.40.